The minimum absolute atomic E-state index is 0.915. The maximum Gasteiger partial charge on any atom is 0.128 e. The lowest BCUT2D eigenvalue weighted by molar-refractivity contribution is 0.804. The Morgan fingerprint density at radius 3 is 3.00 bits per heavy atom. The van der Waals surface area contributed by atoms with Crippen LogP contribution in [0.25, 0.3) is 0 Å². The van der Waals surface area contributed by atoms with Gasteiger partial charge in [0.2, 0.25) is 0 Å². The third-order valence-corrected chi connectivity index (χ3v) is 3.47. The first-order chi connectivity index (χ1) is 7.40. The average Bonchev–Trinajstić information content (AvgIpc) is 2.31. The summed E-state index contributed by atoms with van der Waals surface area (Å²) in [6.45, 7) is 3.17. The second-order valence-electron chi connectivity index (χ2n) is 3.65. The number of hydrogen-bond donors (Lipinski definition) is 1. The van der Waals surface area contributed by atoms with Crippen molar-refractivity contribution in [2.45, 2.75) is 6.54 Å². The zero-order chi connectivity index (χ0) is 10.5. The Hall–Kier alpha value is -0.740. The molecule has 1 fully saturated rings. The van der Waals surface area contributed by atoms with Crippen molar-refractivity contribution in [1.82, 2.24) is 10.3 Å². The Morgan fingerprint density at radius 1 is 1.47 bits per heavy atom. The third kappa shape index (κ3) is 2.86. The molecule has 1 saturated heterocycles. The van der Waals surface area contributed by atoms with E-state index in [0.29, 0.717) is 0 Å². The van der Waals surface area contributed by atoms with Crippen molar-refractivity contribution < 1.29 is 0 Å². The molecule has 1 aliphatic heterocycles. The Bertz CT molecular complexity index is 310. The lowest BCUT2D eigenvalue weighted by atomic mass is 10.2. The van der Waals surface area contributed by atoms with Gasteiger partial charge in [0.15, 0.2) is 0 Å². The molecule has 0 spiro atoms. The molecular weight excluding hydrogens is 206 g/mol. The van der Waals surface area contributed by atoms with Gasteiger partial charge in [-0.1, -0.05) is 0 Å². The quantitative estimate of drug-likeness (QED) is 0.837. The summed E-state index contributed by atoms with van der Waals surface area (Å²) in [5.41, 5.74) is 1.31. The summed E-state index contributed by atoms with van der Waals surface area (Å²) in [4.78, 5) is 6.80. The van der Waals surface area contributed by atoms with Crippen molar-refractivity contribution in [3.05, 3.63) is 23.9 Å². The smallest absolute Gasteiger partial charge is 0.128 e. The normalized spacial score (nSPS) is 16.7. The number of nitrogens with one attached hydrogen (secondary N) is 1. The molecule has 82 valence electrons. The van der Waals surface area contributed by atoms with E-state index in [1.807, 2.05) is 25.0 Å². The molecule has 0 unspecified atom stereocenters. The van der Waals surface area contributed by atoms with E-state index < -0.39 is 0 Å². The number of rotatable bonds is 3. The van der Waals surface area contributed by atoms with Crippen molar-refractivity contribution in [2.24, 2.45) is 0 Å². The van der Waals surface area contributed by atoms with Crippen molar-refractivity contribution in [2.75, 3.05) is 36.5 Å². The van der Waals surface area contributed by atoms with Gasteiger partial charge in [-0.05, 0) is 24.7 Å². The number of anilines is 1. The maximum absolute atomic E-state index is 4.43. The highest BCUT2D eigenvalue weighted by Crippen LogP contribution is 2.17. The number of nitrogens with zero attached hydrogens (tertiary/aromatic N) is 2. The van der Waals surface area contributed by atoms with Crippen LogP contribution in [0, 0.1) is 0 Å². The van der Waals surface area contributed by atoms with Gasteiger partial charge in [-0.25, -0.2) is 4.98 Å². The van der Waals surface area contributed by atoms with Crippen LogP contribution in [0.1, 0.15) is 5.56 Å². The SMILES string of the molecule is CNCc1ccnc(N2CCSCC2)c1. The van der Waals surface area contributed by atoms with Crippen LogP contribution in [0.3, 0.4) is 0 Å². The van der Waals surface area contributed by atoms with E-state index in [1.54, 1.807) is 0 Å². The number of pyridine rings is 1. The number of hydrogen-bond acceptors (Lipinski definition) is 4. The van der Waals surface area contributed by atoms with Crippen LogP contribution in [0.5, 0.6) is 0 Å². The van der Waals surface area contributed by atoms with Crippen LogP contribution >= 0.6 is 11.8 Å². The second-order valence-corrected chi connectivity index (χ2v) is 4.88. The Balaban J connectivity index is 2.09. The zero-order valence-corrected chi connectivity index (χ0v) is 9.89. The Labute approximate surface area is 95.3 Å². The minimum atomic E-state index is 0.915. The molecule has 0 saturated carbocycles. The molecule has 2 heterocycles. The number of aromatic nitrogens is 1. The van der Waals surface area contributed by atoms with E-state index in [2.05, 4.69) is 27.3 Å². The van der Waals surface area contributed by atoms with E-state index in [0.717, 1.165) is 25.5 Å². The summed E-state index contributed by atoms with van der Waals surface area (Å²) in [7, 11) is 1.97. The highest BCUT2D eigenvalue weighted by atomic mass is 32.2. The predicted octanol–water partition coefficient (Wildman–Crippen LogP) is 1.35. The lowest BCUT2D eigenvalue weighted by Crippen LogP contribution is -2.33. The minimum Gasteiger partial charge on any atom is -0.355 e. The Kier molecular flexibility index (Phi) is 3.86. The van der Waals surface area contributed by atoms with Gasteiger partial charge >= 0.3 is 0 Å². The van der Waals surface area contributed by atoms with Crippen LogP contribution in [0.4, 0.5) is 5.82 Å². The first kappa shape index (κ1) is 10.8. The average molecular weight is 223 g/mol. The van der Waals surface area contributed by atoms with Crippen molar-refractivity contribution in [1.29, 1.82) is 0 Å². The summed E-state index contributed by atoms with van der Waals surface area (Å²) in [5, 5.41) is 3.16. The molecule has 15 heavy (non-hydrogen) atoms. The van der Waals surface area contributed by atoms with Gasteiger partial charge in [0, 0.05) is 37.3 Å². The standard InChI is InChI=1S/C11H17N3S/c1-12-9-10-2-3-13-11(8-10)14-4-6-15-7-5-14/h2-3,8,12H,4-7,9H2,1H3. The fraction of sp³-hybridized carbons (Fsp3) is 0.545. The molecule has 1 N–H and O–H groups in total. The van der Waals surface area contributed by atoms with Crippen LogP contribution in [-0.2, 0) is 6.54 Å². The van der Waals surface area contributed by atoms with Crippen molar-refractivity contribution >= 4 is 17.6 Å². The van der Waals surface area contributed by atoms with Gasteiger partial charge in [0.1, 0.15) is 5.82 Å². The first-order valence-corrected chi connectivity index (χ1v) is 6.48. The number of thioether (sulfide) groups is 1. The summed E-state index contributed by atoms with van der Waals surface area (Å²) in [5.74, 6) is 3.57. The molecule has 3 nitrogen and oxygen atoms in total. The van der Waals surface area contributed by atoms with Crippen LogP contribution < -0.4 is 10.2 Å². The highest BCUT2D eigenvalue weighted by Gasteiger charge is 2.12. The highest BCUT2D eigenvalue weighted by molar-refractivity contribution is 7.99. The molecule has 4 heteroatoms. The first-order valence-electron chi connectivity index (χ1n) is 5.32. The molecule has 1 aliphatic rings. The van der Waals surface area contributed by atoms with Crippen LogP contribution in [0.2, 0.25) is 0 Å². The summed E-state index contributed by atoms with van der Waals surface area (Å²) < 4.78 is 0. The van der Waals surface area contributed by atoms with Gasteiger partial charge in [-0.15, -0.1) is 0 Å². The van der Waals surface area contributed by atoms with Crippen LogP contribution in [0.15, 0.2) is 18.3 Å². The maximum atomic E-state index is 4.43. The molecule has 1 aromatic rings. The van der Waals surface area contributed by atoms with Gasteiger partial charge in [0.25, 0.3) is 0 Å². The van der Waals surface area contributed by atoms with E-state index >= 15 is 0 Å². The van der Waals surface area contributed by atoms with Gasteiger partial charge in [-0.3, -0.25) is 0 Å². The molecule has 0 atom stereocenters. The fourth-order valence-corrected chi connectivity index (χ4v) is 2.64. The van der Waals surface area contributed by atoms with Crippen molar-refractivity contribution in [3.8, 4) is 0 Å². The summed E-state index contributed by atoms with van der Waals surface area (Å²) in [6, 6.07) is 4.26. The molecule has 0 bridgehead atoms. The van der Waals surface area contributed by atoms with Crippen LogP contribution in [-0.4, -0.2) is 36.6 Å². The van der Waals surface area contributed by atoms with Gasteiger partial charge in [-0.2, -0.15) is 11.8 Å². The molecule has 0 aliphatic carbocycles. The van der Waals surface area contributed by atoms with E-state index in [1.165, 1.54) is 17.1 Å². The Morgan fingerprint density at radius 2 is 2.27 bits per heavy atom. The molecular formula is C11H17N3S. The molecule has 1 aromatic heterocycles. The molecule has 0 amide bonds. The predicted molar refractivity (Wildman–Crippen MR) is 66.5 cm³/mol. The van der Waals surface area contributed by atoms with E-state index in [4.69, 9.17) is 0 Å². The molecule has 0 radical (unpaired) electrons. The second kappa shape index (κ2) is 5.37. The van der Waals surface area contributed by atoms with Gasteiger partial charge in [0.05, 0.1) is 0 Å². The van der Waals surface area contributed by atoms with E-state index in [-0.39, 0.29) is 0 Å². The zero-order valence-electron chi connectivity index (χ0n) is 9.07. The topological polar surface area (TPSA) is 28.2 Å². The fourth-order valence-electron chi connectivity index (χ4n) is 1.74. The molecule has 2 rings (SSSR count). The lowest BCUT2D eigenvalue weighted by Gasteiger charge is -2.27. The largest absolute Gasteiger partial charge is 0.355 e. The summed E-state index contributed by atoms with van der Waals surface area (Å²) in [6.07, 6.45) is 1.91. The summed E-state index contributed by atoms with van der Waals surface area (Å²) >= 11 is 2.03. The monoisotopic (exact) mass is 223 g/mol. The molecule has 0 aromatic carbocycles. The third-order valence-electron chi connectivity index (χ3n) is 2.53. The van der Waals surface area contributed by atoms with Gasteiger partial charge < -0.3 is 10.2 Å². The van der Waals surface area contributed by atoms with Crippen molar-refractivity contribution in [3.63, 3.8) is 0 Å². The van der Waals surface area contributed by atoms with E-state index in [9.17, 15) is 0 Å².